The molecule has 1 aliphatic heterocycles. The van der Waals surface area contributed by atoms with Crippen molar-refractivity contribution in [1.29, 1.82) is 0 Å². The van der Waals surface area contributed by atoms with Crippen LogP contribution in [0.2, 0.25) is 0 Å². The van der Waals surface area contributed by atoms with E-state index in [9.17, 15) is 4.79 Å². The van der Waals surface area contributed by atoms with Gasteiger partial charge in [-0.05, 0) is 80.2 Å². The van der Waals surface area contributed by atoms with Gasteiger partial charge in [-0.3, -0.25) is 4.79 Å². The van der Waals surface area contributed by atoms with Gasteiger partial charge in [0.2, 0.25) is 5.91 Å². The quantitative estimate of drug-likeness (QED) is 0.707. The molecule has 0 saturated heterocycles. The maximum absolute atomic E-state index is 12.5. The molecule has 2 unspecified atom stereocenters. The third kappa shape index (κ3) is 2.87. The summed E-state index contributed by atoms with van der Waals surface area (Å²) in [5, 5.41) is 3.32. The molecular formula is C26H35NO2. The van der Waals surface area contributed by atoms with Gasteiger partial charge in [0.1, 0.15) is 11.5 Å². The molecule has 0 radical (unpaired) electrons. The Morgan fingerprint density at radius 1 is 1.07 bits per heavy atom. The van der Waals surface area contributed by atoms with Crippen molar-refractivity contribution < 1.29 is 9.53 Å². The van der Waals surface area contributed by atoms with E-state index in [1.807, 2.05) is 12.1 Å². The van der Waals surface area contributed by atoms with E-state index in [4.69, 9.17) is 4.74 Å². The van der Waals surface area contributed by atoms with Crippen LogP contribution < -0.4 is 10.1 Å². The van der Waals surface area contributed by atoms with Crippen LogP contribution in [0.1, 0.15) is 64.9 Å². The molecule has 7 atom stereocenters. The first kappa shape index (κ1) is 19.2. The van der Waals surface area contributed by atoms with Gasteiger partial charge in [-0.1, -0.05) is 44.9 Å². The number of fused-ring (bicyclic) bond motifs is 5. The Labute approximate surface area is 175 Å². The Bertz CT molecular complexity index is 843. The van der Waals surface area contributed by atoms with Crippen LogP contribution in [-0.4, -0.2) is 11.9 Å². The predicted molar refractivity (Wildman–Crippen MR) is 115 cm³/mol. The van der Waals surface area contributed by atoms with Crippen molar-refractivity contribution in [3.8, 4) is 5.75 Å². The molecule has 4 aliphatic rings. The summed E-state index contributed by atoms with van der Waals surface area (Å²) in [6.07, 6.45) is 9.53. The lowest BCUT2D eigenvalue weighted by molar-refractivity contribution is -0.128. The normalized spacial score (nSPS) is 43.5. The average molecular weight is 394 g/mol. The second kappa shape index (κ2) is 6.62. The van der Waals surface area contributed by atoms with Gasteiger partial charge in [-0.25, -0.2) is 0 Å². The predicted octanol–water partition coefficient (Wildman–Crippen LogP) is 5.63. The minimum Gasteiger partial charge on any atom is -0.461 e. The van der Waals surface area contributed by atoms with E-state index < -0.39 is 0 Å². The zero-order valence-electron chi connectivity index (χ0n) is 18.3. The van der Waals surface area contributed by atoms with Crippen molar-refractivity contribution in [2.24, 2.45) is 34.5 Å². The molecule has 1 aromatic rings. The number of nitrogens with one attached hydrogen (secondary N) is 1. The highest BCUT2D eigenvalue weighted by atomic mass is 16.5. The topological polar surface area (TPSA) is 38.3 Å². The van der Waals surface area contributed by atoms with E-state index in [-0.39, 0.29) is 17.4 Å². The van der Waals surface area contributed by atoms with E-state index >= 15 is 0 Å². The van der Waals surface area contributed by atoms with Crippen LogP contribution in [0.25, 0.3) is 0 Å². The van der Waals surface area contributed by atoms with E-state index in [2.05, 4.69) is 45.1 Å². The fraction of sp³-hybridized carbons (Fsp3) is 0.654. The number of hydrogen-bond acceptors (Lipinski definition) is 2. The number of hydrogen-bond donors (Lipinski definition) is 1. The van der Waals surface area contributed by atoms with Crippen LogP contribution >= 0.6 is 0 Å². The molecule has 1 N–H and O–H groups in total. The largest absolute Gasteiger partial charge is 0.461 e. The smallest absolute Gasteiger partial charge is 0.247 e. The van der Waals surface area contributed by atoms with Gasteiger partial charge >= 0.3 is 0 Å². The minimum atomic E-state index is -0.125. The molecule has 3 nitrogen and oxygen atoms in total. The summed E-state index contributed by atoms with van der Waals surface area (Å²) in [6, 6.07) is 8.38. The molecule has 3 saturated carbocycles. The molecule has 3 fully saturated rings. The Hall–Kier alpha value is -1.77. The second-order valence-corrected chi connectivity index (χ2v) is 10.9. The van der Waals surface area contributed by atoms with E-state index in [0.717, 1.165) is 29.8 Å². The third-order valence-electron chi connectivity index (χ3n) is 9.23. The first-order valence-corrected chi connectivity index (χ1v) is 11.6. The molecule has 3 heteroatoms. The van der Waals surface area contributed by atoms with Crippen LogP contribution in [-0.2, 0) is 4.79 Å². The first-order valence-electron chi connectivity index (χ1n) is 11.6. The summed E-state index contributed by atoms with van der Waals surface area (Å²) in [4.78, 5) is 12.5. The molecule has 0 spiro atoms. The summed E-state index contributed by atoms with van der Waals surface area (Å²) in [6.45, 7) is 9.44. The van der Waals surface area contributed by atoms with Gasteiger partial charge in [0.05, 0.1) is 0 Å². The summed E-state index contributed by atoms with van der Waals surface area (Å²) < 4.78 is 6.47. The van der Waals surface area contributed by atoms with E-state index in [1.165, 1.54) is 37.7 Å². The number of amides is 1. The summed E-state index contributed by atoms with van der Waals surface area (Å²) >= 11 is 0. The molecule has 3 aliphatic carbocycles. The SMILES string of the molecule is Cc1ccc(OC2=CC(=O)NC3CC(C)[C@@H]4[C@@H](CC[C@]5(C)CCC[C@@H]45)[C@@]23C)cc1. The maximum Gasteiger partial charge on any atom is 0.247 e. The Morgan fingerprint density at radius 3 is 2.59 bits per heavy atom. The van der Waals surface area contributed by atoms with Gasteiger partial charge in [0.15, 0.2) is 0 Å². The van der Waals surface area contributed by atoms with Crippen molar-refractivity contribution in [2.75, 3.05) is 0 Å². The molecule has 0 aromatic heterocycles. The van der Waals surface area contributed by atoms with E-state index in [0.29, 0.717) is 17.3 Å². The van der Waals surface area contributed by atoms with Crippen molar-refractivity contribution in [1.82, 2.24) is 5.32 Å². The van der Waals surface area contributed by atoms with Gasteiger partial charge < -0.3 is 10.1 Å². The number of benzene rings is 1. The van der Waals surface area contributed by atoms with Crippen LogP contribution in [0.5, 0.6) is 5.75 Å². The van der Waals surface area contributed by atoms with E-state index in [1.54, 1.807) is 6.08 Å². The highest BCUT2D eigenvalue weighted by Crippen LogP contribution is 2.65. The molecule has 29 heavy (non-hydrogen) atoms. The Morgan fingerprint density at radius 2 is 1.83 bits per heavy atom. The monoisotopic (exact) mass is 393 g/mol. The maximum atomic E-state index is 12.5. The number of carbonyl (C=O) groups excluding carboxylic acids is 1. The Kier molecular flexibility index (Phi) is 4.38. The molecule has 156 valence electrons. The lowest BCUT2D eigenvalue weighted by Crippen LogP contribution is -2.63. The number of aryl methyl sites for hydroxylation is 1. The van der Waals surface area contributed by atoms with Gasteiger partial charge in [0.25, 0.3) is 0 Å². The molecule has 0 bridgehead atoms. The highest BCUT2D eigenvalue weighted by Gasteiger charge is 2.62. The lowest BCUT2D eigenvalue weighted by atomic mass is 9.46. The van der Waals surface area contributed by atoms with Gasteiger partial charge in [0, 0.05) is 17.5 Å². The van der Waals surface area contributed by atoms with Crippen LogP contribution in [0, 0.1) is 41.4 Å². The number of carbonyl (C=O) groups is 1. The first-order chi connectivity index (χ1) is 13.8. The summed E-state index contributed by atoms with van der Waals surface area (Å²) in [5.41, 5.74) is 1.62. The van der Waals surface area contributed by atoms with Crippen molar-refractivity contribution in [2.45, 2.75) is 72.3 Å². The van der Waals surface area contributed by atoms with Crippen LogP contribution in [0.15, 0.2) is 36.1 Å². The zero-order valence-corrected chi connectivity index (χ0v) is 18.3. The third-order valence-corrected chi connectivity index (χ3v) is 9.23. The van der Waals surface area contributed by atoms with Crippen LogP contribution in [0.4, 0.5) is 0 Å². The number of ether oxygens (including phenoxy) is 1. The molecule has 1 heterocycles. The second-order valence-electron chi connectivity index (χ2n) is 10.9. The fourth-order valence-corrected chi connectivity index (χ4v) is 7.63. The zero-order chi connectivity index (χ0) is 20.4. The van der Waals surface area contributed by atoms with Gasteiger partial charge in [-0.2, -0.15) is 0 Å². The van der Waals surface area contributed by atoms with Crippen molar-refractivity contribution >= 4 is 5.91 Å². The molecular weight excluding hydrogens is 358 g/mol. The number of rotatable bonds is 2. The van der Waals surface area contributed by atoms with Crippen molar-refractivity contribution in [3.63, 3.8) is 0 Å². The molecule has 5 rings (SSSR count). The molecule has 1 amide bonds. The summed E-state index contributed by atoms with van der Waals surface area (Å²) in [7, 11) is 0. The van der Waals surface area contributed by atoms with Gasteiger partial charge in [-0.15, -0.1) is 0 Å². The molecule has 1 aromatic carbocycles. The highest BCUT2D eigenvalue weighted by molar-refractivity contribution is 5.89. The average Bonchev–Trinajstić information content (AvgIpc) is 3.07. The van der Waals surface area contributed by atoms with Crippen LogP contribution in [0.3, 0.4) is 0 Å². The summed E-state index contributed by atoms with van der Waals surface area (Å²) in [5.74, 6) is 4.52. The standard InChI is InChI=1S/C26H35NO2/c1-16-7-9-18(10-8-16)29-22-15-23(28)27-21-14-17(2)24-19-6-5-12-25(19,3)13-11-20(24)26(21,22)4/h7-10,15,17,19-21,24H,5-6,11-14H2,1-4H3,(H,27,28)/t17?,19-,20+,21?,24-,25-,26+/m0/s1. The fourth-order valence-electron chi connectivity index (χ4n) is 7.63. The minimum absolute atomic E-state index is 0.00162. The van der Waals surface area contributed by atoms with Crippen molar-refractivity contribution in [3.05, 3.63) is 41.7 Å². The Balaban J connectivity index is 1.53. The lowest BCUT2D eigenvalue weighted by Gasteiger charge is -2.61.